The van der Waals surface area contributed by atoms with Gasteiger partial charge < -0.3 is 15.2 Å². The molecule has 0 aliphatic carbocycles. The van der Waals surface area contributed by atoms with Crippen LogP contribution < -0.4 is 10.9 Å². The summed E-state index contributed by atoms with van der Waals surface area (Å²) >= 11 is 0. The highest BCUT2D eigenvalue weighted by atomic mass is 19.4. The number of carbonyl (C=O) groups excluding carboxylic acids is 1. The molecule has 6 nitrogen and oxygen atoms in total. The topological polar surface area (TPSA) is 78.1 Å². The summed E-state index contributed by atoms with van der Waals surface area (Å²) in [7, 11) is 1.32. The van der Waals surface area contributed by atoms with E-state index in [1.165, 1.54) is 7.05 Å². The van der Waals surface area contributed by atoms with E-state index in [0.29, 0.717) is 23.5 Å². The number of hydrogen-bond acceptors (Lipinski definition) is 4. The van der Waals surface area contributed by atoms with Crippen LogP contribution in [0.1, 0.15) is 33.4 Å². The van der Waals surface area contributed by atoms with Crippen molar-refractivity contribution < 1.29 is 31.1 Å². The van der Waals surface area contributed by atoms with Gasteiger partial charge in [0.2, 0.25) is 0 Å². The Morgan fingerprint density at radius 3 is 2.38 bits per heavy atom. The first-order valence-corrected chi connectivity index (χ1v) is 9.23. The first kappa shape index (κ1) is 21.8. The van der Waals surface area contributed by atoms with E-state index in [9.17, 15) is 35.9 Å². The number of H-pyrrole nitrogens is 1. The molecule has 1 unspecified atom stereocenters. The third-order valence-electron chi connectivity index (χ3n) is 5.30. The lowest BCUT2D eigenvalue weighted by atomic mass is 9.93. The van der Waals surface area contributed by atoms with Gasteiger partial charge in [-0.2, -0.15) is 13.2 Å². The highest BCUT2D eigenvalue weighted by Crippen LogP contribution is 2.33. The summed E-state index contributed by atoms with van der Waals surface area (Å²) in [5.74, 6) is -4.97. The molecule has 1 aromatic carbocycles. The molecule has 1 atom stereocenters. The molecule has 0 fully saturated rings. The molecule has 12 heteroatoms. The predicted molar refractivity (Wildman–Crippen MR) is 100 cm³/mol. The Bertz CT molecular complexity index is 1300. The van der Waals surface area contributed by atoms with Crippen molar-refractivity contribution in [3.8, 4) is 0 Å². The van der Waals surface area contributed by atoms with Crippen LogP contribution in [0.4, 0.5) is 26.3 Å². The number of pyridine rings is 2. The largest absolute Gasteiger partial charge is 0.436 e. The quantitative estimate of drug-likeness (QED) is 0.581. The van der Waals surface area contributed by atoms with Crippen molar-refractivity contribution in [2.24, 2.45) is 0 Å². The van der Waals surface area contributed by atoms with Gasteiger partial charge in [0, 0.05) is 37.6 Å². The second-order valence-corrected chi connectivity index (χ2v) is 7.27. The van der Waals surface area contributed by atoms with Gasteiger partial charge in [0.15, 0.2) is 23.1 Å². The number of nitrogens with one attached hydrogen (secondary N) is 2. The minimum Gasteiger partial charge on any atom is -0.333 e. The number of halogens is 6. The Morgan fingerprint density at radius 2 is 1.75 bits per heavy atom. The summed E-state index contributed by atoms with van der Waals surface area (Å²) in [6.07, 6.45) is -4.41. The fourth-order valence-electron chi connectivity index (χ4n) is 3.79. The molecular weight excluding hydrogens is 442 g/mol. The number of rotatable bonds is 2. The maximum atomic E-state index is 14.0. The molecule has 4 rings (SSSR count). The van der Waals surface area contributed by atoms with Gasteiger partial charge >= 0.3 is 6.18 Å². The number of amides is 1. The zero-order valence-corrected chi connectivity index (χ0v) is 16.3. The van der Waals surface area contributed by atoms with E-state index in [1.807, 2.05) is 0 Å². The molecule has 3 heterocycles. The van der Waals surface area contributed by atoms with Crippen LogP contribution in [0, 0.1) is 17.5 Å². The van der Waals surface area contributed by atoms with Gasteiger partial charge in [-0.15, -0.1) is 0 Å². The molecular formula is C20H14F6N4O2. The van der Waals surface area contributed by atoms with E-state index in [4.69, 9.17) is 0 Å². The Balaban J connectivity index is 1.79. The number of benzene rings is 1. The van der Waals surface area contributed by atoms with Crippen LogP contribution in [0.5, 0.6) is 0 Å². The Hall–Kier alpha value is -3.41. The van der Waals surface area contributed by atoms with E-state index in [-0.39, 0.29) is 23.9 Å². The maximum Gasteiger partial charge on any atom is 0.436 e. The molecule has 1 aliphatic heterocycles. The average Bonchev–Trinajstić information content (AvgIpc) is 2.72. The molecule has 0 bridgehead atoms. The second-order valence-electron chi connectivity index (χ2n) is 7.27. The van der Waals surface area contributed by atoms with Crippen molar-refractivity contribution >= 4 is 16.7 Å². The molecule has 32 heavy (non-hydrogen) atoms. The number of aromatic nitrogens is 2. The molecule has 1 amide bonds. The summed E-state index contributed by atoms with van der Waals surface area (Å²) in [6.45, 7) is 0.306. The van der Waals surface area contributed by atoms with Crippen LogP contribution in [-0.2, 0) is 12.7 Å². The third-order valence-corrected chi connectivity index (χ3v) is 5.30. The molecule has 2 aromatic heterocycles. The van der Waals surface area contributed by atoms with E-state index in [0.717, 1.165) is 17.0 Å². The van der Waals surface area contributed by atoms with Gasteiger partial charge in [-0.1, -0.05) is 0 Å². The normalized spacial score (nSPS) is 16.2. The van der Waals surface area contributed by atoms with Crippen molar-refractivity contribution in [2.75, 3.05) is 13.6 Å². The molecule has 1 aliphatic rings. The zero-order chi connectivity index (χ0) is 23.4. The number of hydrogen-bond donors (Lipinski definition) is 2. The first-order chi connectivity index (χ1) is 15.0. The molecule has 168 valence electrons. The van der Waals surface area contributed by atoms with Crippen LogP contribution >= 0.6 is 0 Å². The van der Waals surface area contributed by atoms with E-state index >= 15 is 0 Å². The lowest BCUT2D eigenvalue weighted by Gasteiger charge is -2.34. The number of likely N-dealkylation sites (N-methyl/N-ethyl adjacent to an activating group) is 1. The minimum atomic E-state index is -5.02. The molecule has 0 saturated carbocycles. The molecule has 0 saturated heterocycles. The monoisotopic (exact) mass is 456 g/mol. The number of nitrogens with zero attached hydrogens (tertiary/aromatic N) is 2. The van der Waals surface area contributed by atoms with Crippen molar-refractivity contribution in [2.45, 2.75) is 18.8 Å². The van der Waals surface area contributed by atoms with Gasteiger partial charge in [-0.3, -0.25) is 9.59 Å². The molecule has 2 N–H and O–H groups in total. The Morgan fingerprint density at radius 1 is 1.09 bits per heavy atom. The Kier molecular flexibility index (Phi) is 5.19. The average molecular weight is 456 g/mol. The zero-order valence-electron chi connectivity index (χ0n) is 16.3. The lowest BCUT2D eigenvalue weighted by Crippen LogP contribution is -2.42. The second kappa shape index (κ2) is 7.62. The SMILES string of the molecule is CN(C(=O)c1cnc(C(F)(F)F)c(F)c1)C1CNCc2[nH]c(=O)c3cc(F)c(F)cc3c21. The Labute approximate surface area is 175 Å². The van der Waals surface area contributed by atoms with Crippen molar-refractivity contribution in [3.63, 3.8) is 0 Å². The van der Waals surface area contributed by atoms with Crippen LogP contribution in [-0.4, -0.2) is 34.4 Å². The fraction of sp³-hybridized carbons (Fsp3) is 0.250. The van der Waals surface area contributed by atoms with Gasteiger partial charge in [0.05, 0.1) is 17.0 Å². The maximum absolute atomic E-state index is 14.0. The van der Waals surface area contributed by atoms with Crippen LogP contribution in [0.3, 0.4) is 0 Å². The third kappa shape index (κ3) is 3.60. The van der Waals surface area contributed by atoms with E-state index < -0.39 is 52.4 Å². The van der Waals surface area contributed by atoms with Gasteiger partial charge in [0.25, 0.3) is 11.5 Å². The number of carbonyl (C=O) groups is 1. The van der Waals surface area contributed by atoms with E-state index in [1.54, 1.807) is 0 Å². The summed E-state index contributed by atoms with van der Waals surface area (Å²) in [4.78, 5) is 31.9. The molecule has 0 spiro atoms. The van der Waals surface area contributed by atoms with Crippen LogP contribution in [0.2, 0.25) is 0 Å². The summed E-state index contributed by atoms with van der Waals surface area (Å²) in [6, 6.07) is 1.21. The number of fused-ring (bicyclic) bond motifs is 3. The number of aromatic amines is 1. The highest BCUT2D eigenvalue weighted by molar-refractivity contribution is 5.95. The smallest absolute Gasteiger partial charge is 0.333 e. The van der Waals surface area contributed by atoms with Crippen LogP contribution in [0.25, 0.3) is 10.8 Å². The predicted octanol–water partition coefficient (Wildman–Crippen LogP) is 3.28. The summed E-state index contributed by atoms with van der Waals surface area (Å²) < 4.78 is 79.8. The molecule has 3 aromatic rings. The minimum absolute atomic E-state index is 0.0884. The summed E-state index contributed by atoms with van der Waals surface area (Å²) in [5, 5.41) is 2.93. The number of alkyl halides is 3. The fourth-order valence-corrected chi connectivity index (χ4v) is 3.79. The lowest BCUT2D eigenvalue weighted by molar-refractivity contribution is -0.143. The van der Waals surface area contributed by atoms with Crippen molar-refractivity contribution in [1.29, 1.82) is 0 Å². The van der Waals surface area contributed by atoms with Gasteiger partial charge in [-0.05, 0) is 23.6 Å². The standard InChI is InChI=1S/C20H14F6N4O2/c1-30(19(32)8-2-13(23)17(28-5-8)20(24,25)26)15-7-27-6-14-16(15)9-3-11(21)12(22)4-10(9)18(31)29-14/h2-5,15,27H,6-7H2,1H3,(H,29,31). The van der Waals surface area contributed by atoms with Crippen molar-refractivity contribution in [1.82, 2.24) is 20.2 Å². The van der Waals surface area contributed by atoms with E-state index in [2.05, 4.69) is 15.3 Å². The highest BCUT2D eigenvalue weighted by Gasteiger charge is 2.37. The van der Waals surface area contributed by atoms with Gasteiger partial charge in [-0.25, -0.2) is 18.2 Å². The molecule has 0 radical (unpaired) electrons. The van der Waals surface area contributed by atoms with Crippen molar-refractivity contribution in [3.05, 3.63) is 74.7 Å². The van der Waals surface area contributed by atoms with Gasteiger partial charge in [0.1, 0.15) is 0 Å². The van der Waals surface area contributed by atoms with Crippen LogP contribution in [0.15, 0.2) is 29.2 Å². The summed E-state index contributed by atoms with van der Waals surface area (Å²) in [5.41, 5.74) is -2.16. The first-order valence-electron chi connectivity index (χ1n) is 9.23.